The van der Waals surface area contributed by atoms with Crippen molar-refractivity contribution in [3.05, 3.63) is 0 Å². The molecule has 1 saturated heterocycles. The second kappa shape index (κ2) is 13.0. The van der Waals surface area contributed by atoms with Crippen LogP contribution in [0.2, 0.25) is 0 Å². The molecule has 6 atom stereocenters. The van der Waals surface area contributed by atoms with Crippen LogP contribution in [0.3, 0.4) is 0 Å². The summed E-state index contributed by atoms with van der Waals surface area (Å²) in [6, 6.07) is -0.892. The molecule has 1 aliphatic rings. The van der Waals surface area contributed by atoms with Crippen LogP contribution in [0, 0.1) is 5.92 Å². The van der Waals surface area contributed by atoms with Crippen LogP contribution in [0.25, 0.3) is 0 Å². The predicted octanol–water partition coefficient (Wildman–Crippen LogP) is -1.05. The molecule has 1 rings (SSSR count). The number of nitrogens with one attached hydrogen (secondary N) is 1. The molecule has 164 valence electrons. The van der Waals surface area contributed by atoms with Gasteiger partial charge in [-0.25, -0.2) is 0 Å². The van der Waals surface area contributed by atoms with E-state index in [-0.39, 0.29) is 18.2 Å². The highest BCUT2D eigenvalue weighted by molar-refractivity contribution is 5.78. The molecule has 0 aromatic heterocycles. The Balaban J connectivity index is 2.08. The molecule has 10 heteroatoms. The number of carboxylic acids is 1. The van der Waals surface area contributed by atoms with Gasteiger partial charge in [0.05, 0.1) is 12.6 Å². The number of carbonyl (C=O) groups excluding carboxylic acids is 1. The monoisotopic (exact) mass is 406 g/mol. The Morgan fingerprint density at radius 1 is 1.18 bits per heavy atom. The normalized spacial score (nSPS) is 28.7. The minimum atomic E-state index is -1.25. The van der Waals surface area contributed by atoms with Gasteiger partial charge in [0.2, 0.25) is 5.91 Å². The summed E-state index contributed by atoms with van der Waals surface area (Å²) in [5.74, 6) is -1.35. The molecule has 1 amide bonds. The number of ether oxygens (including phenoxy) is 2. The summed E-state index contributed by atoms with van der Waals surface area (Å²) in [5, 5.41) is 40.1. The molecular weight excluding hydrogens is 372 g/mol. The van der Waals surface area contributed by atoms with Gasteiger partial charge in [0.25, 0.3) is 0 Å². The first-order valence-electron chi connectivity index (χ1n) is 9.77. The van der Waals surface area contributed by atoms with Gasteiger partial charge < -0.3 is 41.0 Å². The zero-order valence-corrected chi connectivity index (χ0v) is 16.3. The lowest BCUT2D eigenvalue weighted by Gasteiger charge is -2.40. The van der Waals surface area contributed by atoms with Crippen LogP contribution in [0.1, 0.15) is 45.4 Å². The first-order valence-corrected chi connectivity index (χ1v) is 9.77. The number of hydrogen-bond acceptors (Lipinski definition) is 8. The zero-order chi connectivity index (χ0) is 21.1. The third-order valence-corrected chi connectivity index (χ3v) is 4.82. The summed E-state index contributed by atoms with van der Waals surface area (Å²) >= 11 is 0. The van der Waals surface area contributed by atoms with Crippen molar-refractivity contribution >= 4 is 11.9 Å². The summed E-state index contributed by atoms with van der Waals surface area (Å²) in [6.07, 6.45) is -0.702. The first kappa shape index (κ1) is 24.7. The number of unbranched alkanes of at least 4 members (excludes halogenated alkanes) is 3. The largest absolute Gasteiger partial charge is 0.481 e. The van der Waals surface area contributed by atoms with Gasteiger partial charge in [-0.1, -0.05) is 19.8 Å². The van der Waals surface area contributed by atoms with E-state index in [4.69, 9.17) is 25.4 Å². The van der Waals surface area contributed by atoms with Gasteiger partial charge in [-0.2, -0.15) is 0 Å². The second-order valence-corrected chi connectivity index (χ2v) is 7.19. The summed E-state index contributed by atoms with van der Waals surface area (Å²) < 4.78 is 10.9. The lowest BCUT2D eigenvalue weighted by atomic mass is 9.98. The maximum absolute atomic E-state index is 11.8. The number of aliphatic hydroxyl groups excluding tert-OH is 3. The average molecular weight is 406 g/mol. The van der Waals surface area contributed by atoms with E-state index in [1.54, 1.807) is 6.92 Å². The molecule has 0 aromatic rings. The Kier molecular flexibility index (Phi) is 11.5. The lowest BCUT2D eigenvalue weighted by molar-refractivity contribution is -0.265. The van der Waals surface area contributed by atoms with Crippen molar-refractivity contribution in [1.29, 1.82) is 0 Å². The number of rotatable bonds is 13. The van der Waals surface area contributed by atoms with Crippen molar-refractivity contribution in [3.63, 3.8) is 0 Å². The molecule has 6 unspecified atom stereocenters. The second-order valence-electron chi connectivity index (χ2n) is 7.19. The molecule has 0 radical (unpaired) electrons. The molecule has 7 N–H and O–H groups in total. The molecule has 1 fully saturated rings. The maximum Gasteiger partial charge on any atom is 0.303 e. The van der Waals surface area contributed by atoms with E-state index in [0.29, 0.717) is 19.6 Å². The molecule has 0 spiro atoms. The third kappa shape index (κ3) is 8.38. The molecular formula is C18H34N2O8. The third-order valence-electron chi connectivity index (χ3n) is 4.82. The number of nitrogens with two attached hydrogens (primary N) is 1. The first-order chi connectivity index (χ1) is 13.3. The summed E-state index contributed by atoms with van der Waals surface area (Å²) in [6.45, 7) is 2.17. The van der Waals surface area contributed by atoms with Crippen molar-refractivity contribution in [2.24, 2.45) is 11.7 Å². The van der Waals surface area contributed by atoms with Crippen molar-refractivity contribution in [2.45, 2.75) is 76.1 Å². The van der Waals surface area contributed by atoms with Crippen LogP contribution in [-0.4, -0.2) is 82.7 Å². The molecule has 0 saturated carbocycles. The van der Waals surface area contributed by atoms with Crippen molar-refractivity contribution in [1.82, 2.24) is 5.32 Å². The van der Waals surface area contributed by atoms with Crippen LogP contribution in [0.15, 0.2) is 0 Å². The molecule has 0 bridgehead atoms. The Hall–Kier alpha value is -1.30. The molecule has 10 nitrogen and oxygen atoms in total. The van der Waals surface area contributed by atoms with Gasteiger partial charge in [0.1, 0.15) is 18.3 Å². The van der Waals surface area contributed by atoms with Crippen LogP contribution in [-0.2, 0) is 19.1 Å². The van der Waals surface area contributed by atoms with E-state index in [2.05, 4.69) is 5.32 Å². The number of carbonyl (C=O) groups is 2. The van der Waals surface area contributed by atoms with E-state index in [0.717, 1.165) is 25.7 Å². The van der Waals surface area contributed by atoms with Crippen LogP contribution in [0.4, 0.5) is 0 Å². The fourth-order valence-corrected chi connectivity index (χ4v) is 2.89. The molecule has 1 heterocycles. The van der Waals surface area contributed by atoms with Crippen molar-refractivity contribution < 1.29 is 39.5 Å². The summed E-state index contributed by atoms with van der Waals surface area (Å²) in [4.78, 5) is 22.3. The van der Waals surface area contributed by atoms with Crippen LogP contribution >= 0.6 is 0 Å². The fraction of sp³-hybridized carbons (Fsp3) is 0.889. The van der Waals surface area contributed by atoms with E-state index in [1.807, 2.05) is 0 Å². The van der Waals surface area contributed by atoms with Gasteiger partial charge in [-0.15, -0.1) is 0 Å². The number of amides is 1. The standard InChI is InChI=1S/C18H34N2O8/c1-11(6-7-13(22)23)17(26)20-8-4-2-3-5-9-27-18-14(19)16(25)15(24)12(10-21)28-18/h11-12,14-16,18,21,24-25H,2-10,19H2,1H3,(H,20,26)(H,22,23). The Bertz CT molecular complexity index is 477. The smallest absolute Gasteiger partial charge is 0.303 e. The quantitative estimate of drug-likeness (QED) is 0.209. The zero-order valence-electron chi connectivity index (χ0n) is 16.3. The maximum atomic E-state index is 11.8. The fourth-order valence-electron chi connectivity index (χ4n) is 2.89. The van der Waals surface area contributed by atoms with Crippen LogP contribution in [0.5, 0.6) is 0 Å². The van der Waals surface area contributed by atoms with Gasteiger partial charge in [-0.3, -0.25) is 9.59 Å². The van der Waals surface area contributed by atoms with E-state index in [9.17, 15) is 19.8 Å². The van der Waals surface area contributed by atoms with Crippen molar-refractivity contribution in [3.8, 4) is 0 Å². The molecule has 1 aliphatic heterocycles. The van der Waals surface area contributed by atoms with Gasteiger partial charge in [0, 0.05) is 25.5 Å². The predicted molar refractivity (Wildman–Crippen MR) is 99.2 cm³/mol. The number of hydrogen-bond donors (Lipinski definition) is 6. The van der Waals surface area contributed by atoms with Gasteiger partial charge in [-0.05, 0) is 19.3 Å². The topological polar surface area (TPSA) is 172 Å². The molecule has 0 aromatic carbocycles. The van der Waals surface area contributed by atoms with E-state index >= 15 is 0 Å². The van der Waals surface area contributed by atoms with Crippen molar-refractivity contribution in [2.75, 3.05) is 19.8 Å². The van der Waals surface area contributed by atoms with Gasteiger partial charge in [0.15, 0.2) is 6.29 Å². The average Bonchev–Trinajstić information content (AvgIpc) is 2.67. The van der Waals surface area contributed by atoms with Crippen LogP contribution < -0.4 is 11.1 Å². The number of aliphatic hydroxyl groups is 3. The lowest BCUT2D eigenvalue weighted by Crippen LogP contribution is -2.62. The minimum Gasteiger partial charge on any atom is -0.481 e. The number of aliphatic carboxylic acids is 1. The van der Waals surface area contributed by atoms with Gasteiger partial charge >= 0.3 is 5.97 Å². The Morgan fingerprint density at radius 3 is 2.50 bits per heavy atom. The van der Waals surface area contributed by atoms with E-state index in [1.165, 1.54) is 0 Å². The highest BCUT2D eigenvalue weighted by Crippen LogP contribution is 2.20. The Labute approximate surface area is 165 Å². The van der Waals surface area contributed by atoms with E-state index < -0.39 is 43.2 Å². The number of carboxylic acid groups (broad SMARTS) is 1. The Morgan fingerprint density at radius 2 is 1.86 bits per heavy atom. The molecule has 28 heavy (non-hydrogen) atoms. The highest BCUT2D eigenvalue weighted by Gasteiger charge is 2.42. The summed E-state index contributed by atoms with van der Waals surface area (Å²) in [5.41, 5.74) is 5.79. The SMILES string of the molecule is CC(CCC(=O)O)C(=O)NCCCCCCOC1OC(CO)C(O)C(O)C1N. The minimum absolute atomic E-state index is 0.0159. The highest BCUT2D eigenvalue weighted by atomic mass is 16.7. The molecule has 0 aliphatic carbocycles. The summed E-state index contributed by atoms with van der Waals surface area (Å²) in [7, 11) is 0.